The Morgan fingerprint density at radius 2 is 2.00 bits per heavy atom. The van der Waals surface area contributed by atoms with Crippen molar-refractivity contribution in [2.75, 3.05) is 38.2 Å². The van der Waals surface area contributed by atoms with Gasteiger partial charge in [-0.05, 0) is 12.1 Å². The topological polar surface area (TPSA) is 24.5 Å². The van der Waals surface area contributed by atoms with Crippen LogP contribution in [0.3, 0.4) is 0 Å². The van der Waals surface area contributed by atoms with Crippen LogP contribution < -0.4 is 15.0 Å². The molecule has 1 aliphatic heterocycles. The smallest absolute Gasteiger partial charge is 0.121 e. The number of halogens is 2. The maximum Gasteiger partial charge on any atom is 0.121 e. The van der Waals surface area contributed by atoms with Gasteiger partial charge >= 0.3 is 0 Å². The summed E-state index contributed by atoms with van der Waals surface area (Å²) in [7, 11) is 1.67. The third kappa shape index (κ3) is 2.94. The Balaban J connectivity index is 0.00000128. The van der Waals surface area contributed by atoms with Gasteiger partial charge < -0.3 is 15.0 Å². The van der Waals surface area contributed by atoms with Crippen molar-refractivity contribution >= 4 is 29.7 Å². The molecular formula is C11H16Cl2N2O. The number of anilines is 1. The van der Waals surface area contributed by atoms with E-state index in [1.807, 2.05) is 18.2 Å². The summed E-state index contributed by atoms with van der Waals surface area (Å²) in [6, 6.07) is 5.76. The number of methoxy groups -OCH3 is 1. The predicted octanol–water partition coefficient (Wildman–Crippen LogP) is 2.18. The molecule has 16 heavy (non-hydrogen) atoms. The summed E-state index contributed by atoms with van der Waals surface area (Å²) in [5.41, 5.74) is 1.07. The second-order valence-corrected chi connectivity index (χ2v) is 3.96. The summed E-state index contributed by atoms with van der Waals surface area (Å²) in [5, 5.41) is 4.11. The van der Waals surface area contributed by atoms with Gasteiger partial charge in [0.15, 0.2) is 0 Å². The summed E-state index contributed by atoms with van der Waals surface area (Å²) >= 11 is 6.17. The molecule has 3 nitrogen and oxygen atoms in total. The largest absolute Gasteiger partial charge is 0.497 e. The number of nitrogens with one attached hydrogen (secondary N) is 1. The molecule has 0 radical (unpaired) electrons. The van der Waals surface area contributed by atoms with Crippen molar-refractivity contribution in [1.29, 1.82) is 0 Å². The van der Waals surface area contributed by atoms with E-state index >= 15 is 0 Å². The molecule has 1 N–H and O–H groups in total. The number of nitrogens with zero attached hydrogens (tertiary/aromatic N) is 1. The van der Waals surface area contributed by atoms with E-state index in [9.17, 15) is 0 Å². The highest BCUT2D eigenvalue weighted by Gasteiger charge is 2.13. The number of hydrogen-bond acceptors (Lipinski definition) is 3. The zero-order valence-electron chi connectivity index (χ0n) is 9.20. The van der Waals surface area contributed by atoms with Gasteiger partial charge in [-0.3, -0.25) is 0 Å². The van der Waals surface area contributed by atoms with Gasteiger partial charge in [-0.1, -0.05) is 11.6 Å². The lowest BCUT2D eigenvalue weighted by Gasteiger charge is -2.30. The van der Waals surface area contributed by atoms with Crippen LogP contribution in [0, 0.1) is 0 Å². The zero-order valence-corrected chi connectivity index (χ0v) is 10.8. The fraction of sp³-hybridized carbons (Fsp3) is 0.455. The first-order valence-corrected chi connectivity index (χ1v) is 5.48. The van der Waals surface area contributed by atoms with Crippen LogP contribution in [0.5, 0.6) is 5.75 Å². The minimum Gasteiger partial charge on any atom is -0.497 e. The molecule has 0 aliphatic carbocycles. The first kappa shape index (κ1) is 13.4. The lowest BCUT2D eigenvalue weighted by Crippen LogP contribution is -2.43. The monoisotopic (exact) mass is 262 g/mol. The molecule has 1 fully saturated rings. The van der Waals surface area contributed by atoms with Crippen molar-refractivity contribution in [3.8, 4) is 5.75 Å². The fourth-order valence-electron chi connectivity index (χ4n) is 1.77. The van der Waals surface area contributed by atoms with Crippen LogP contribution in [0.25, 0.3) is 0 Å². The van der Waals surface area contributed by atoms with E-state index < -0.39 is 0 Å². The molecule has 1 aromatic carbocycles. The standard InChI is InChI=1S/C11H15ClN2O.ClH/c1-15-9-2-3-10(12)11(8-9)14-6-4-13-5-7-14;/h2-3,8,13H,4-7H2,1H3;1H. The van der Waals surface area contributed by atoms with Crippen molar-refractivity contribution in [3.63, 3.8) is 0 Å². The molecule has 0 aromatic heterocycles. The fourth-order valence-corrected chi connectivity index (χ4v) is 2.00. The average Bonchev–Trinajstić information content (AvgIpc) is 2.31. The average molecular weight is 263 g/mol. The summed E-state index contributed by atoms with van der Waals surface area (Å²) < 4.78 is 5.20. The van der Waals surface area contributed by atoms with Crippen molar-refractivity contribution in [3.05, 3.63) is 23.2 Å². The van der Waals surface area contributed by atoms with Crippen LogP contribution in [0.4, 0.5) is 5.69 Å². The van der Waals surface area contributed by atoms with Crippen LogP contribution in [-0.4, -0.2) is 33.3 Å². The molecule has 1 aliphatic rings. The van der Waals surface area contributed by atoms with Crippen LogP contribution in [-0.2, 0) is 0 Å². The first-order valence-electron chi connectivity index (χ1n) is 5.10. The molecule has 1 saturated heterocycles. The molecule has 0 atom stereocenters. The molecule has 5 heteroatoms. The Morgan fingerprint density at radius 1 is 1.31 bits per heavy atom. The van der Waals surface area contributed by atoms with Crippen LogP contribution in [0.15, 0.2) is 18.2 Å². The molecule has 1 heterocycles. The van der Waals surface area contributed by atoms with Crippen molar-refractivity contribution < 1.29 is 4.74 Å². The van der Waals surface area contributed by atoms with Gasteiger partial charge in [-0.15, -0.1) is 12.4 Å². The Bertz CT molecular complexity index is 341. The summed E-state index contributed by atoms with van der Waals surface area (Å²) in [6.45, 7) is 4.00. The third-order valence-corrected chi connectivity index (χ3v) is 2.93. The summed E-state index contributed by atoms with van der Waals surface area (Å²) in [6.07, 6.45) is 0. The molecular weight excluding hydrogens is 247 g/mol. The van der Waals surface area contributed by atoms with Crippen molar-refractivity contribution in [1.82, 2.24) is 5.32 Å². The predicted molar refractivity (Wildman–Crippen MR) is 70.3 cm³/mol. The molecule has 0 bridgehead atoms. The van der Waals surface area contributed by atoms with E-state index in [1.165, 1.54) is 0 Å². The van der Waals surface area contributed by atoms with Gasteiger partial charge in [-0.2, -0.15) is 0 Å². The second kappa shape index (κ2) is 6.18. The Morgan fingerprint density at radius 3 is 2.62 bits per heavy atom. The number of benzene rings is 1. The van der Waals surface area contributed by atoms with Gasteiger partial charge in [-0.25, -0.2) is 0 Å². The highest BCUT2D eigenvalue weighted by molar-refractivity contribution is 6.33. The maximum atomic E-state index is 6.17. The van der Waals surface area contributed by atoms with E-state index in [2.05, 4.69) is 10.2 Å². The van der Waals surface area contributed by atoms with Gasteiger partial charge in [0.2, 0.25) is 0 Å². The lowest BCUT2D eigenvalue weighted by atomic mass is 10.2. The quantitative estimate of drug-likeness (QED) is 0.885. The number of hydrogen-bond donors (Lipinski definition) is 1. The normalized spacial score (nSPS) is 15.5. The van der Waals surface area contributed by atoms with Gasteiger partial charge in [0.05, 0.1) is 17.8 Å². The number of rotatable bonds is 2. The highest BCUT2D eigenvalue weighted by Crippen LogP contribution is 2.30. The Labute approximate surface area is 107 Å². The number of ether oxygens (including phenoxy) is 1. The SMILES string of the molecule is COc1ccc(Cl)c(N2CCNCC2)c1.Cl. The Kier molecular flexibility index (Phi) is 5.19. The van der Waals surface area contributed by atoms with Crippen LogP contribution >= 0.6 is 24.0 Å². The molecule has 1 aromatic rings. The third-order valence-electron chi connectivity index (χ3n) is 2.61. The molecule has 0 saturated carbocycles. The van der Waals surface area contributed by atoms with E-state index in [0.717, 1.165) is 42.6 Å². The van der Waals surface area contributed by atoms with E-state index in [-0.39, 0.29) is 12.4 Å². The minimum absolute atomic E-state index is 0. The maximum absolute atomic E-state index is 6.17. The second-order valence-electron chi connectivity index (χ2n) is 3.55. The lowest BCUT2D eigenvalue weighted by molar-refractivity contribution is 0.414. The van der Waals surface area contributed by atoms with Gasteiger partial charge in [0.25, 0.3) is 0 Å². The number of piperazine rings is 1. The zero-order chi connectivity index (χ0) is 10.7. The minimum atomic E-state index is 0. The van der Waals surface area contributed by atoms with Crippen LogP contribution in [0.2, 0.25) is 5.02 Å². The first-order chi connectivity index (χ1) is 7.31. The Hall–Kier alpha value is -0.640. The molecule has 0 unspecified atom stereocenters. The van der Waals surface area contributed by atoms with Gasteiger partial charge in [0, 0.05) is 32.2 Å². The molecule has 0 amide bonds. The van der Waals surface area contributed by atoms with Crippen LogP contribution in [0.1, 0.15) is 0 Å². The van der Waals surface area contributed by atoms with Crippen molar-refractivity contribution in [2.45, 2.75) is 0 Å². The van der Waals surface area contributed by atoms with Crippen molar-refractivity contribution in [2.24, 2.45) is 0 Å². The molecule has 0 spiro atoms. The van der Waals surface area contributed by atoms with E-state index in [4.69, 9.17) is 16.3 Å². The van der Waals surface area contributed by atoms with Gasteiger partial charge in [0.1, 0.15) is 5.75 Å². The molecule has 2 rings (SSSR count). The highest BCUT2D eigenvalue weighted by atomic mass is 35.5. The van der Waals surface area contributed by atoms with E-state index in [1.54, 1.807) is 7.11 Å². The summed E-state index contributed by atoms with van der Waals surface area (Å²) in [4.78, 5) is 2.28. The molecule has 90 valence electrons. The van der Waals surface area contributed by atoms with E-state index in [0.29, 0.717) is 0 Å². The summed E-state index contributed by atoms with van der Waals surface area (Å²) in [5.74, 6) is 0.855.